The van der Waals surface area contributed by atoms with Crippen LogP contribution in [0.15, 0.2) is 18.2 Å². The third-order valence-corrected chi connectivity index (χ3v) is 2.10. The molecule has 0 aromatic heterocycles. The van der Waals surface area contributed by atoms with E-state index >= 15 is 0 Å². The highest BCUT2D eigenvalue weighted by molar-refractivity contribution is 14.1. The van der Waals surface area contributed by atoms with Gasteiger partial charge in [0.25, 0.3) is 3.91 Å². The Morgan fingerprint density at radius 1 is 0.944 bits per heavy atom. The monoisotopic (exact) mass is 383 g/mol. The molecule has 0 aliphatic heterocycles. The number of carbonyl (C=O) groups is 1. The first-order valence-electron chi connectivity index (χ1n) is 4.26. The van der Waals surface area contributed by atoms with Crippen molar-refractivity contribution in [3.8, 4) is 0 Å². The summed E-state index contributed by atoms with van der Waals surface area (Å²) in [6, 6.07) is 0.862. The molecule has 18 heavy (non-hydrogen) atoms. The molecule has 0 fully saturated rings. The summed E-state index contributed by atoms with van der Waals surface area (Å²) in [4.78, 5) is 10.6. The Kier molecular flexibility index (Phi) is 4.13. The molecule has 0 radical (unpaired) electrons. The summed E-state index contributed by atoms with van der Waals surface area (Å²) in [5.74, 6) is 0. The molecule has 1 aromatic carbocycles. The van der Waals surface area contributed by atoms with Gasteiger partial charge in [0.2, 0.25) is 0 Å². The van der Waals surface area contributed by atoms with E-state index in [9.17, 15) is 31.1 Å². The van der Waals surface area contributed by atoms with Gasteiger partial charge in [-0.3, -0.25) is 4.79 Å². The normalized spacial score (nSPS) is 12.4. The van der Waals surface area contributed by atoms with Crippen LogP contribution in [-0.4, -0.2) is 3.91 Å². The molecule has 1 amide bonds. The van der Waals surface area contributed by atoms with Crippen molar-refractivity contribution in [2.75, 3.05) is 5.32 Å². The van der Waals surface area contributed by atoms with Crippen LogP contribution in [-0.2, 0) is 12.4 Å². The molecular formula is C9H4F6INO. The molecule has 0 aliphatic carbocycles. The lowest BCUT2D eigenvalue weighted by Gasteiger charge is -2.13. The quantitative estimate of drug-likeness (QED) is 0.324. The zero-order chi connectivity index (χ0) is 14.1. The molecule has 0 saturated heterocycles. The smallest absolute Gasteiger partial charge is 0.317 e. The number of nitrogens with one attached hydrogen (secondary N) is 1. The van der Waals surface area contributed by atoms with E-state index < -0.39 is 33.1 Å². The molecule has 0 heterocycles. The summed E-state index contributed by atoms with van der Waals surface area (Å²) in [6.07, 6.45) is -9.85. The standard InChI is InChI=1S/C9H4F6INO/c10-8(11,12)4-1-5(9(13,14)15)3-6(2-4)17-7(16)18/h1-3H,(H,17,18). The maximum absolute atomic E-state index is 12.4. The van der Waals surface area contributed by atoms with Crippen molar-refractivity contribution in [3.63, 3.8) is 0 Å². The van der Waals surface area contributed by atoms with Crippen LogP contribution in [0.3, 0.4) is 0 Å². The molecule has 1 aromatic rings. The SMILES string of the molecule is O=C(I)Nc1cc(C(F)(F)F)cc(C(F)(F)F)c1. The highest BCUT2D eigenvalue weighted by Crippen LogP contribution is 2.37. The fourth-order valence-corrected chi connectivity index (χ4v) is 1.45. The van der Waals surface area contributed by atoms with E-state index in [2.05, 4.69) is 0 Å². The van der Waals surface area contributed by atoms with Crippen LogP contribution in [0.2, 0.25) is 0 Å². The molecule has 0 spiro atoms. The van der Waals surface area contributed by atoms with E-state index in [4.69, 9.17) is 0 Å². The number of benzene rings is 1. The second-order valence-corrected chi connectivity index (χ2v) is 4.17. The van der Waals surface area contributed by atoms with Crippen LogP contribution in [0.25, 0.3) is 0 Å². The minimum atomic E-state index is -4.92. The third-order valence-electron chi connectivity index (χ3n) is 1.83. The number of hydrogen-bond donors (Lipinski definition) is 1. The Hall–Kier alpha value is -1.00. The second kappa shape index (κ2) is 4.94. The van der Waals surface area contributed by atoms with Crippen molar-refractivity contribution >= 4 is 32.2 Å². The first-order chi connectivity index (χ1) is 8.00. The van der Waals surface area contributed by atoms with E-state index in [1.165, 1.54) is 22.6 Å². The predicted octanol–water partition coefficient (Wildman–Crippen LogP) is 4.69. The van der Waals surface area contributed by atoms with Crippen LogP contribution < -0.4 is 5.32 Å². The van der Waals surface area contributed by atoms with Gasteiger partial charge in [-0.15, -0.1) is 0 Å². The van der Waals surface area contributed by atoms with Crippen molar-refractivity contribution in [3.05, 3.63) is 29.3 Å². The van der Waals surface area contributed by atoms with Gasteiger partial charge in [-0.05, 0) is 18.2 Å². The summed E-state index contributed by atoms with van der Waals surface area (Å²) in [7, 11) is 0. The fourth-order valence-electron chi connectivity index (χ4n) is 1.14. The topological polar surface area (TPSA) is 29.1 Å². The van der Waals surface area contributed by atoms with Gasteiger partial charge in [0.15, 0.2) is 0 Å². The number of anilines is 1. The zero-order valence-electron chi connectivity index (χ0n) is 8.29. The van der Waals surface area contributed by atoms with E-state index in [-0.39, 0.29) is 6.07 Å². The first-order valence-corrected chi connectivity index (χ1v) is 5.34. The van der Waals surface area contributed by atoms with Crippen LogP contribution in [0.1, 0.15) is 11.1 Å². The average molecular weight is 383 g/mol. The summed E-state index contributed by atoms with van der Waals surface area (Å²) >= 11 is 1.20. The lowest BCUT2D eigenvalue weighted by atomic mass is 10.1. The molecule has 0 saturated carbocycles. The summed E-state index contributed by atoms with van der Waals surface area (Å²) < 4.78 is 73.6. The molecule has 0 bridgehead atoms. The number of carbonyl (C=O) groups excluding carboxylic acids is 1. The van der Waals surface area contributed by atoms with Gasteiger partial charge in [-0.1, -0.05) is 0 Å². The molecule has 100 valence electrons. The average Bonchev–Trinajstić information content (AvgIpc) is 2.13. The van der Waals surface area contributed by atoms with Crippen molar-refractivity contribution in [2.24, 2.45) is 0 Å². The molecule has 0 unspecified atom stereocenters. The van der Waals surface area contributed by atoms with Gasteiger partial charge < -0.3 is 5.32 Å². The van der Waals surface area contributed by atoms with Gasteiger partial charge in [0, 0.05) is 28.3 Å². The van der Waals surface area contributed by atoms with Gasteiger partial charge >= 0.3 is 12.4 Å². The number of amides is 1. The highest BCUT2D eigenvalue weighted by atomic mass is 127. The fraction of sp³-hybridized carbons (Fsp3) is 0.222. The summed E-state index contributed by atoms with van der Waals surface area (Å²) in [6.45, 7) is 0. The van der Waals surface area contributed by atoms with Crippen molar-refractivity contribution in [2.45, 2.75) is 12.4 Å². The van der Waals surface area contributed by atoms with E-state index in [0.29, 0.717) is 12.1 Å². The number of hydrogen-bond acceptors (Lipinski definition) is 1. The molecule has 9 heteroatoms. The maximum Gasteiger partial charge on any atom is 0.416 e. The predicted molar refractivity (Wildman–Crippen MR) is 59.5 cm³/mol. The maximum atomic E-state index is 12.4. The summed E-state index contributed by atoms with van der Waals surface area (Å²) in [5.41, 5.74) is -3.51. The molecular weight excluding hydrogens is 379 g/mol. The second-order valence-electron chi connectivity index (χ2n) is 3.19. The van der Waals surface area contributed by atoms with Crippen molar-refractivity contribution < 1.29 is 31.1 Å². The lowest BCUT2D eigenvalue weighted by Crippen LogP contribution is -2.12. The van der Waals surface area contributed by atoms with Crippen LogP contribution in [0.5, 0.6) is 0 Å². The van der Waals surface area contributed by atoms with Gasteiger partial charge in [0.1, 0.15) is 0 Å². The molecule has 1 rings (SSSR count). The van der Waals surface area contributed by atoms with E-state index in [1.54, 1.807) is 0 Å². The summed E-state index contributed by atoms with van der Waals surface area (Å²) in [5, 5.41) is 1.88. The molecule has 0 atom stereocenters. The Labute approximate surface area is 110 Å². The van der Waals surface area contributed by atoms with Gasteiger partial charge in [-0.25, -0.2) is 0 Å². The van der Waals surface area contributed by atoms with Crippen molar-refractivity contribution in [1.29, 1.82) is 0 Å². The molecule has 0 aliphatic rings. The highest BCUT2D eigenvalue weighted by Gasteiger charge is 2.36. The van der Waals surface area contributed by atoms with Crippen LogP contribution in [0, 0.1) is 0 Å². The number of alkyl halides is 6. The van der Waals surface area contributed by atoms with E-state index in [0.717, 1.165) is 0 Å². The van der Waals surface area contributed by atoms with Gasteiger partial charge in [-0.2, -0.15) is 26.3 Å². The third kappa shape index (κ3) is 4.03. The van der Waals surface area contributed by atoms with E-state index in [1.807, 2.05) is 5.32 Å². The van der Waals surface area contributed by atoms with Crippen molar-refractivity contribution in [1.82, 2.24) is 0 Å². The largest absolute Gasteiger partial charge is 0.416 e. The first kappa shape index (κ1) is 15.1. The minimum absolute atomic E-state index is 0.0111. The van der Waals surface area contributed by atoms with Crippen LogP contribution in [0.4, 0.5) is 36.8 Å². The molecule has 1 N–H and O–H groups in total. The Morgan fingerprint density at radius 3 is 1.61 bits per heavy atom. The minimum Gasteiger partial charge on any atom is -0.317 e. The lowest BCUT2D eigenvalue weighted by molar-refractivity contribution is -0.143. The number of rotatable bonds is 1. The van der Waals surface area contributed by atoms with Crippen LogP contribution >= 0.6 is 22.6 Å². The molecule has 2 nitrogen and oxygen atoms in total. The number of halogens is 7. The van der Waals surface area contributed by atoms with Gasteiger partial charge in [0.05, 0.1) is 11.1 Å². The Bertz CT molecular complexity index is 435. The Morgan fingerprint density at radius 2 is 1.33 bits per heavy atom. The zero-order valence-corrected chi connectivity index (χ0v) is 10.4. The Balaban J connectivity index is 3.34.